The minimum Gasteiger partial charge on any atom is -0.481 e. The van der Waals surface area contributed by atoms with Gasteiger partial charge in [-0.25, -0.2) is 9.78 Å². The van der Waals surface area contributed by atoms with Gasteiger partial charge in [0.15, 0.2) is 11.9 Å². The second kappa shape index (κ2) is 35.2. The number of hydrogen-bond acceptors (Lipinski definition) is 15. The van der Waals surface area contributed by atoms with E-state index in [1.165, 1.54) is 17.4 Å². The van der Waals surface area contributed by atoms with Gasteiger partial charge in [-0.2, -0.15) is 0 Å². The number of rotatable bonds is 37. The second-order valence-electron chi connectivity index (χ2n) is 20.9. The number of nitrogens with one attached hydrogen (secondary N) is 8. The van der Waals surface area contributed by atoms with Crippen molar-refractivity contribution < 1.29 is 68.1 Å². The van der Waals surface area contributed by atoms with Crippen molar-refractivity contribution in [1.82, 2.24) is 52.1 Å². The average Bonchev–Trinajstić information content (AvgIpc) is 4.26. The van der Waals surface area contributed by atoms with Crippen molar-refractivity contribution in [3.8, 4) is 0 Å². The molecule has 84 heavy (non-hydrogen) atoms. The molecule has 1 aliphatic heterocycles. The Bertz CT molecular complexity index is 2610. The summed E-state index contributed by atoms with van der Waals surface area (Å²) in [5.41, 5.74) is 28.5. The Hall–Kier alpha value is -8.90. The average molecular weight is 1180 g/mol. The number of aliphatic carboxylic acids is 3. The van der Waals surface area contributed by atoms with E-state index in [2.05, 4.69) is 57.2 Å². The lowest BCUT2D eigenvalue weighted by Gasteiger charge is -2.33. The molecule has 8 amide bonds. The summed E-state index contributed by atoms with van der Waals surface area (Å²) in [5.74, 6) is -12.2. The number of likely N-dealkylation sites (tertiary alicyclic amines) is 1. The summed E-state index contributed by atoms with van der Waals surface area (Å²) in [7, 11) is 0. The molecule has 31 heteroatoms. The zero-order valence-corrected chi connectivity index (χ0v) is 47.7. The molecule has 0 saturated carbocycles. The molecule has 0 aliphatic carbocycles. The lowest BCUT2D eigenvalue weighted by Crippen LogP contribution is -2.61. The Kier molecular flexibility index (Phi) is 29.0. The molecule has 2 heterocycles. The van der Waals surface area contributed by atoms with Crippen LogP contribution in [0.15, 0.2) is 52.8 Å². The number of aromatic nitrogens is 2. The molecule has 31 nitrogen and oxygen atoms in total. The molecular formula is C53H83N17O14. The number of aliphatic imine (C=N–C) groups is 2. The number of nitrogens with zero attached hydrogens (tertiary/aromatic N) is 4. The Morgan fingerprint density at radius 2 is 1.19 bits per heavy atom. The number of amides is 8. The van der Waals surface area contributed by atoms with E-state index in [9.17, 15) is 68.1 Å². The maximum Gasteiger partial charge on any atom is 0.326 e. The van der Waals surface area contributed by atoms with Crippen LogP contribution in [0.5, 0.6) is 0 Å². The Balaban J connectivity index is 1.94. The Morgan fingerprint density at radius 3 is 1.73 bits per heavy atom. The van der Waals surface area contributed by atoms with Gasteiger partial charge < -0.3 is 91.1 Å². The lowest BCUT2D eigenvalue weighted by atomic mass is 9.96. The van der Waals surface area contributed by atoms with Crippen LogP contribution in [0.4, 0.5) is 0 Å². The predicted octanol–water partition coefficient (Wildman–Crippen LogP) is -3.47. The van der Waals surface area contributed by atoms with Crippen LogP contribution < -0.4 is 65.9 Å². The van der Waals surface area contributed by atoms with Gasteiger partial charge in [-0.05, 0) is 68.8 Å². The van der Waals surface area contributed by atoms with Crippen LogP contribution in [0, 0.1) is 11.8 Å². The molecular weight excluding hydrogens is 1100 g/mol. The van der Waals surface area contributed by atoms with Crippen LogP contribution in [0.25, 0.3) is 0 Å². The molecule has 0 bridgehead atoms. The monoisotopic (exact) mass is 1180 g/mol. The smallest absolute Gasteiger partial charge is 0.326 e. The van der Waals surface area contributed by atoms with Crippen molar-refractivity contribution in [3.63, 3.8) is 0 Å². The quantitative estimate of drug-likeness (QED) is 0.0178. The third-order valence-corrected chi connectivity index (χ3v) is 13.6. The highest BCUT2D eigenvalue weighted by atomic mass is 16.4. The fourth-order valence-electron chi connectivity index (χ4n) is 8.99. The predicted molar refractivity (Wildman–Crippen MR) is 304 cm³/mol. The molecule has 21 N–H and O–H groups in total. The van der Waals surface area contributed by atoms with Crippen molar-refractivity contribution in [2.45, 2.75) is 166 Å². The standard InChI is InChI=1S/C53H83N17O14/c1-5-29(4)42(69-45(77)34(17-18-40(71)72)64-48(80)38(24-31-26-59-27-62-31)66-43(75)32(54)25-41(73)74)50(82)70-21-11-16-39(70)49(81)68-37(23-30-12-7-6-8-13-30)47(79)63-33(14-9-19-60-52(55)56)44(76)67-36(22-28(2)3)46(78)65-35(51(83)84)15-10-20-61-53(57)58/h6-8,12-13,26-29,32-39,42H,5,9-11,14-25,54H2,1-4H3,(H,59,62)(H,63,79)(H,64,80)(H,65,78)(H,66,75)(H,67,76)(H,68,81)(H,69,77)(H,71,72)(H,73,74)(H,83,84)(H4,55,56,60)(H4,57,58,61)/t29-,32-,33-,34-,35-,36-,37-,38-,39-,42-/m0/s1. The number of carbonyl (C=O) groups is 11. The number of aromatic amines is 1. The van der Waals surface area contributed by atoms with Gasteiger partial charge in [0.2, 0.25) is 47.3 Å². The van der Waals surface area contributed by atoms with Gasteiger partial charge in [0, 0.05) is 50.8 Å². The van der Waals surface area contributed by atoms with Gasteiger partial charge in [-0.1, -0.05) is 64.4 Å². The number of imidazole rings is 1. The van der Waals surface area contributed by atoms with Gasteiger partial charge in [0.05, 0.1) is 18.8 Å². The molecule has 1 aliphatic rings. The second-order valence-corrected chi connectivity index (χ2v) is 20.9. The van der Waals surface area contributed by atoms with Gasteiger partial charge >= 0.3 is 17.9 Å². The van der Waals surface area contributed by atoms with E-state index in [0.29, 0.717) is 24.1 Å². The number of hydrogen-bond donors (Lipinski definition) is 16. The van der Waals surface area contributed by atoms with E-state index in [4.69, 9.17) is 28.7 Å². The molecule has 1 aromatic heterocycles. The van der Waals surface area contributed by atoms with Crippen LogP contribution in [0.2, 0.25) is 0 Å². The molecule has 10 atom stereocenters. The number of carboxylic acid groups (broad SMARTS) is 3. The first-order chi connectivity index (χ1) is 39.7. The molecule has 3 rings (SSSR count). The maximum absolute atomic E-state index is 14.7. The number of carbonyl (C=O) groups excluding carboxylic acids is 8. The zero-order chi connectivity index (χ0) is 62.6. The van der Waals surface area contributed by atoms with Crippen LogP contribution in [-0.4, -0.2) is 181 Å². The normalized spacial score (nSPS) is 16.1. The fourth-order valence-corrected chi connectivity index (χ4v) is 8.99. The van der Waals surface area contributed by atoms with E-state index < -0.39 is 145 Å². The van der Waals surface area contributed by atoms with Crippen LogP contribution in [0.3, 0.4) is 0 Å². The molecule has 1 fully saturated rings. The van der Waals surface area contributed by atoms with E-state index in [1.807, 2.05) is 0 Å². The summed E-state index contributed by atoms with van der Waals surface area (Å²) < 4.78 is 0. The van der Waals surface area contributed by atoms with Crippen LogP contribution in [-0.2, 0) is 65.6 Å². The summed E-state index contributed by atoms with van der Waals surface area (Å²) in [5, 5.41) is 46.9. The van der Waals surface area contributed by atoms with E-state index >= 15 is 0 Å². The SMILES string of the molecule is CC[C@H](C)[C@H](NC(=O)[C@H](CCC(=O)O)NC(=O)[C@H](Cc1cnc[nH]1)NC(=O)[C@@H](N)CC(=O)O)C(=O)N1CCC[C@H]1C(=O)N[C@@H](Cc1ccccc1)C(=O)N[C@@H](CCCN=C(N)N)C(=O)N[C@@H](CC(C)C)C(=O)N[C@@H](CCCN=C(N)N)C(=O)O. The van der Waals surface area contributed by atoms with Crippen LogP contribution >= 0.6 is 0 Å². The topological polar surface area (TPSA) is 519 Å². The minimum atomic E-state index is -1.62. The first kappa shape index (κ1) is 69.4. The number of carboxylic acids is 3. The number of nitrogens with two attached hydrogens (primary N) is 5. The fraction of sp³-hybridized carbons (Fsp3) is 0.585. The first-order valence-electron chi connectivity index (χ1n) is 27.7. The van der Waals surface area contributed by atoms with Crippen molar-refractivity contribution in [1.29, 1.82) is 0 Å². The summed E-state index contributed by atoms with van der Waals surface area (Å²) in [6.07, 6.45) is 1.39. The van der Waals surface area contributed by atoms with Gasteiger partial charge in [-0.3, -0.25) is 57.9 Å². The molecule has 0 radical (unpaired) electrons. The van der Waals surface area contributed by atoms with Gasteiger partial charge in [-0.15, -0.1) is 0 Å². The third kappa shape index (κ3) is 24.3. The van der Waals surface area contributed by atoms with Crippen molar-refractivity contribution >= 4 is 77.1 Å². The lowest BCUT2D eigenvalue weighted by molar-refractivity contribution is -0.144. The highest BCUT2D eigenvalue weighted by Gasteiger charge is 2.42. The maximum atomic E-state index is 14.7. The molecule has 1 saturated heterocycles. The number of benzene rings is 1. The molecule has 0 unspecified atom stereocenters. The van der Waals surface area contributed by atoms with Gasteiger partial charge in [0.25, 0.3) is 0 Å². The number of H-pyrrole nitrogens is 1. The van der Waals surface area contributed by atoms with Crippen molar-refractivity contribution in [2.24, 2.45) is 50.5 Å². The zero-order valence-electron chi connectivity index (χ0n) is 47.7. The third-order valence-electron chi connectivity index (χ3n) is 13.6. The highest BCUT2D eigenvalue weighted by Crippen LogP contribution is 2.23. The highest BCUT2D eigenvalue weighted by molar-refractivity contribution is 5.99. The van der Waals surface area contributed by atoms with E-state index in [1.54, 1.807) is 58.0 Å². The Labute approximate surface area is 485 Å². The van der Waals surface area contributed by atoms with E-state index in [0.717, 1.165) is 0 Å². The molecule has 464 valence electrons. The number of guanidine groups is 2. The summed E-state index contributed by atoms with van der Waals surface area (Å²) in [6, 6.07) is -4.08. The van der Waals surface area contributed by atoms with Crippen LogP contribution in [0.1, 0.15) is 110 Å². The Morgan fingerprint density at radius 1 is 0.667 bits per heavy atom. The van der Waals surface area contributed by atoms with E-state index in [-0.39, 0.29) is 88.8 Å². The van der Waals surface area contributed by atoms with Crippen molar-refractivity contribution in [2.75, 3.05) is 19.6 Å². The first-order valence-corrected chi connectivity index (χ1v) is 27.7. The molecule has 1 aromatic carbocycles. The van der Waals surface area contributed by atoms with Crippen molar-refractivity contribution in [3.05, 3.63) is 54.1 Å². The van der Waals surface area contributed by atoms with Gasteiger partial charge in [0.1, 0.15) is 48.3 Å². The largest absolute Gasteiger partial charge is 0.481 e. The molecule has 2 aromatic rings. The minimum absolute atomic E-state index is 0.0295. The summed E-state index contributed by atoms with van der Waals surface area (Å²) in [4.78, 5) is 164. The summed E-state index contributed by atoms with van der Waals surface area (Å²) >= 11 is 0. The summed E-state index contributed by atoms with van der Waals surface area (Å²) in [6.45, 7) is 7.12. The molecule has 0 spiro atoms.